The fraction of sp³-hybridized carbons (Fsp3) is 0.318. The van der Waals surface area contributed by atoms with Gasteiger partial charge in [-0.05, 0) is 48.9 Å². The van der Waals surface area contributed by atoms with E-state index in [-0.39, 0.29) is 0 Å². The van der Waals surface area contributed by atoms with Crippen LogP contribution in [0.25, 0.3) is 0 Å². The SMILES string of the molecule is Cc1cccc(N2CCN(c3cnnc(Nc4ccc(N(C)C)cc4)n3)CC2)c1. The van der Waals surface area contributed by atoms with Crippen LogP contribution in [0.2, 0.25) is 0 Å². The van der Waals surface area contributed by atoms with E-state index >= 15 is 0 Å². The Bertz CT molecular complexity index is 947. The fourth-order valence-corrected chi connectivity index (χ4v) is 3.49. The van der Waals surface area contributed by atoms with Crippen LogP contribution in [0.3, 0.4) is 0 Å². The Balaban J connectivity index is 1.40. The predicted octanol–water partition coefficient (Wildman–Crippen LogP) is 3.32. The number of benzene rings is 2. The summed E-state index contributed by atoms with van der Waals surface area (Å²) in [4.78, 5) is 11.4. The molecule has 0 saturated carbocycles. The van der Waals surface area contributed by atoms with Crippen LogP contribution >= 0.6 is 0 Å². The van der Waals surface area contributed by atoms with Crippen molar-refractivity contribution in [3.8, 4) is 0 Å². The molecule has 29 heavy (non-hydrogen) atoms. The molecule has 1 fully saturated rings. The molecule has 0 aliphatic carbocycles. The molecule has 1 N–H and O–H groups in total. The third-order valence-electron chi connectivity index (χ3n) is 5.16. The van der Waals surface area contributed by atoms with Crippen LogP contribution in [-0.2, 0) is 0 Å². The first-order valence-electron chi connectivity index (χ1n) is 9.89. The van der Waals surface area contributed by atoms with Gasteiger partial charge in [0.15, 0.2) is 5.82 Å². The number of nitrogens with one attached hydrogen (secondary N) is 1. The standard InChI is InChI=1S/C22H27N7/c1-17-5-4-6-20(15-17)28-11-13-29(14-12-28)21-16-23-26-22(25-21)24-18-7-9-19(10-8-18)27(2)3/h4-10,15-16H,11-14H2,1-3H3,(H,24,25,26). The summed E-state index contributed by atoms with van der Waals surface area (Å²) < 4.78 is 0. The maximum Gasteiger partial charge on any atom is 0.249 e. The highest BCUT2D eigenvalue weighted by molar-refractivity contribution is 5.59. The number of piperazine rings is 1. The summed E-state index contributed by atoms with van der Waals surface area (Å²) in [5.41, 5.74) is 4.67. The van der Waals surface area contributed by atoms with Crippen LogP contribution in [0.15, 0.2) is 54.7 Å². The second-order valence-electron chi connectivity index (χ2n) is 7.52. The van der Waals surface area contributed by atoms with Crippen LogP contribution in [0.1, 0.15) is 5.56 Å². The van der Waals surface area contributed by atoms with Crippen molar-refractivity contribution in [2.45, 2.75) is 6.92 Å². The largest absolute Gasteiger partial charge is 0.378 e. The predicted molar refractivity (Wildman–Crippen MR) is 119 cm³/mol. The number of nitrogens with zero attached hydrogens (tertiary/aromatic N) is 6. The molecule has 1 aromatic heterocycles. The molecule has 0 atom stereocenters. The van der Waals surface area contributed by atoms with Gasteiger partial charge < -0.3 is 20.0 Å². The topological polar surface area (TPSA) is 60.4 Å². The minimum absolute atomic E-state index is 0.515. The molecule has 4 rings (SSSR count). The van der Waals surface area contributed by atoms with Gasteiger partial charge >= 0.3 is 0 Å². The Kier molecular flexibility index (Phi) is 5.46. The first kappa shape index (κ1) is 19.0. The van der Waals surface area contributed by atoms with Crippen LogP contribution in [-0.4, -0.2) is 55.5 Å². The smallest absolute Gasteiger partial charge is 0.249 e. The molecule has 0 spiro atoms. The van der Waals surface area contributed by atoms with Gasteiger partial charge in [0.25, 0.3) is 0 Å². The van der Waals surface area contributed by atoms with Gasteiger partial charge in [-0.3, -0.25) is 0 Å². The average molecular weight is 390 g/mol. The average Bonchev–Trinajstić information content (AvgIpc) is 2.74. The van der Waals surface area contributed by atoms with Crippen LogP contribution in [0.4, 0.5) is 28.8 Å². The fourth-order valence-electron chi connectivity index (χ4n) is 3.49. The molecule has 3 aromatic rings. The zero-order valence-corrected chi connectivity index (χ0v) is 17.2. The zero-order chi connectivity index (χ0) is 20.2. The molecule has 0 radical (unpaired) electrons. The minimum Gasteiger partial charge on any atom is -0.378 e. The number of rotatable bonds is 5. The van der Waals surface area contributed by atoms with Crippen molar-refractivity contribution in [3.63, 3.8) is 0 Å². The number of aryl methyl sites for hydroxylation is 1. The van der Waals surface area contributed by atoms with E-state index < -0.39 is 0 Å². The van der Waals surface area contributed by atoms with Crippen LogP contribution in [0.5, 0.6) is 0 Å². The number of hydrogen-bond donors (Lipinski definition) is 1. The van der Waals surface area contributed by atoms with Crippen molar-refractivity contribution in [3.05, 3.63) is 60.3 Å². The summed E-state index contributed by atoms with van der Waals surface area (Å²) in [5, 5.41) is 11.5. The Labute approximate surface area is 172 Å². The lowest BCUT2D eigenvalue weighted by Gasteiger charge is -2.36. The van der Waals surface area contributed by atoms with E-state index in [2.05, 4.69) is 78.5 Å². The summed E-state index contributed by atoms with van der Waals surface area (Å²) in [5.74, 6) is 1.37. The third kappa shape index (κ3) is 4.56. The molecule has 1 aliphatic rings. The van der Waals surface area contributed by atoms with Crippen molar-refractivity contribution < 1.29 is 0 Å². The number of anilines is 5. The lowest BCUT2D eigenvalue weighted by Crippen LogP contribution is -2.47. The van der Waals surface area contributed by atoms with E-state index in [4.69, 9.17) is 0 Å². The second kappa shape index (κ2) is 8.34. The molecule has 2 heterocycles. The molecular weight excluding hydrogens is 362 g/mol. The van der Waals surface area contributed by atoms with Crippen molar-refractivity contribution in [2.75, 3.05) is 60.3 Å². The van der Waals surface area contributed by atoms with E-state index in [1.165, 1.54) is 11.3 Å². The Morgan fingerprint density at radius 1 is 0.931 bits per heavy atom. The maximum atomic E-state index is 4.67. The molecule has 2 aromatic carbocycles. The van der Waals surface area contributed by atoms with Crippen molar-refractivity contribution >= 4 is 28.8 Å². The van der Waals surface area contributed by atoms with Gasteiger partial charge in [-0.1, -0.05) is 12.1 Å². The first-order valence-corrected chi connectivity index (χ1v) is 9.89. The van der Waals surface area contributed by atoms with Crippen LogP contribution in [0, 0.1) is 6.92 Å². The number of hydrogen-bond acceptors (Lipinski definition) is 7. The van der Waals surface area contributed by atoms with E-state index in [0.717, 1.165) is 43.4 Å². The van der Waals surface area contributed by atoms with Gasteiger partial charge in [-0.25, -0.2) is 0 Å². The molecule has 1 aliphatic heterocycles. The number of aromatic nitrogens is 3. The third-order valence-corrected chi connectivity index (χ3v) is 5.16. The van der Waals surface area contributed by atoms with Gasteiger partial charge in [-0.15, -0.1) is 5.10 Å². The first-order chi connectivity index (χ1) is 14.1. The summed E-state index contributed by atoms with van der Waals surface area (Å²) in [6.45, 7) is 5.87. The summed E-state index contributed by atoms with van der Waals surface area (Å²) >= 11 is 0. The molecule has 0 unspecified atom stereocenters. The van der Waals surface area contributed by atoms with E-state index in [1.807, 2.05) is 26.2 Å². The van der Waals surface area contributed by atoms with Crippen molar-refractivity contribution in [1.82, 2.24) is 15.2 Å². The monoisotopic (exact) mass is 389 g/mol. The summed E-state index contributed by atoms with van der Waals surface area (Å²) in [6, 6.07) is 16.8. The maximum absolute atomic E-state index is 4.67. The molecule has 0 bridgehead atoms. The Morgan fingerprint density at radius 2 is 1.66 bits per heavy atom. The van der Waals surface area contributed by atoms with E-state index in [1.54, 1.807) is 6.20 Å². The minimum atomic E-state index is 0.515. The van der Waals surface area contributed by atoms with E-state index in [0.29, 0.717) is 5.95 Å². The lowest BCUT2D eigenvalue weighted by molar-refractivity contribution is 0.644. The Morgan fingerprint density at radius 3 is 2.34 bits per heavy atom. The van der Waals surface area contributed by atoms with Gasteiger partial charge in [0.05, 0.1) is 6.20 Å². The summed E-state index contributed by atoms with van der Waals surface area (Å²) in [6.07, 6.45) is 1.74. The molecule has 7 nitrogen and oxygen atoms in total. The Hall–Kier alpha value is -3.35. The highest BCUT2D eigenvalue weighted by Gasteiger charge is 2.19. The highest BCUT2D eigenvalue weighted by atomic mass is 15.3. The van der Waals surface area contributed by atoms with Crippen LogP contribution < -0.4 is 20.0 Å². The van der Waals surface area contributed by atoms with Gasteiger partial charge in [0, 0.05) is 57.3 Å². The van der Waals surface area contributed by atoms with Gasteiger partial charge in [-0.2, -0.15) is 10.1 Å². The summed E-state index contributed by atoms with van der Waals surface area (Å²) in [7, 11) is 4.05. The molecular formula is C22H27N7. The molecule has 1 saturated heterocycles. The molecule has 150 valence electrons. The molecule has 0 amide bonds. The van der Waals surface area contributed by atoms with Gasteiger partial charge in [0.2, 0.25) is 5.95 Å². The lowest BCUT2D eigenvalue weighted by atomic mass is 10.2. The van der Waals surface area contributed by atoms with Crippen molar-refractivity contribution in [1.29, 1.82) is 0 Å². The highest BCUT2D eigenvalue weighted by Crippen LogP contribution is 2.22. The zero-order valence-electron chi connectivity index (χ0n) is 17.2. The van der Waals surface area contributed by atoms with E-state index in [9.17, 15) is 0 Å². The molecule has 7 heteroatoms. The normalized spacial score (nSPS) is 14.0. The quantitative estimate of drug-likeness (QED) is 0.718. The second-order valence-corrected chi connectivity index (χ2v) is 7.52. The van der Waals surface area contributed by atoms with Gasteiger partial charge in [0.1, 0.15) is 0 Å². The van der Waals surface area contributed by atoms with Crippen molar-refractivity contribution in [2.24, 2.45) is 0 Å².